The molecule has 2 amide bonds. The predicted molar refractivity (Wildman–Crippen MR) is 102 cm³/mol. The summed E-state index contributed by atoms with van der Waals surface area (Å²) in [6.45, 7) is 3.64. The first kappa shape index (κ1) is 17.5. The molecule has 3 rings (SSSR count). The minimum atomic E-state index is -0.182. The van der Waals surface area contributed by atoms with Crippen LogP contribution in [0.15, 0.2) is 53.4 Å². The van der Waals surface area contributed by atoms with E-state index in [0.29, 0.717) is 16.8 Å². The standard InChI is InChI=1S/C20H22N2O2S/c1-2-25-18-12-6-4-10-16(18)19(23)21-17-11-5-3-9-15(17)20(24)22-13-7-8-14-22/h3-6,9-12H,2,7-8,13-14H2,1H3,(H,21,23). The molecule has 2 aromatic rings. The van der Waals surface area contributed by atoms with Crippen LogP contribution in [-0.4, -0.2) is 35.6 Å². The van der Waals surface area contributed by atoms with Gasteiger partial charge in [0.15, 0.2) is 0 Å². The van der Waals surface area contributed by atoms with Gasteiger partial charge in [0, 0.05) is 18.0 Å². The van der Waals surface area contributed by atoms with Crippen LogP contribution in [0.2, 0.25) is 0 Å². The molecule has 1 N–H and O–H groups in total. The van der Waals surface area contributed by atoms with Gasteiger partial charge in [0.05, 0.1) is 16.8 Å². The lowest BCUT2D eigenvalue weighted by molar-refractivity contribution is 0.0794. The average Bonchev–Trinajstić information content (AvgIpc) is 3.17. The summed E-state index contributed by atoms with van der Waals surface area (Å²) in [5, 5.41) is 2.93. The molecule has 5 heteroatoms. The monoisotopic (exact) mass is 354 g/mol. The molecule has 0 saturated carbocycles. The van der Waals surface area contributed by atoms with E-state index < -0.39 is 0 Å². The minimum absolute atomic E-state index is 0.00961. The smallest absolute Gasteiger partial charge is 0.256 e. The van der Waals surface area contributed by atoms with Crippen LogP contribution in [-0.2, 0) is 0 Å². The van der Waals surface area contributed by atoms with Gasteiger partial charge in [-0.3, -0.25) is 9.59 Å². The van der Waals surface area contributed by atoms with E-state index in [4.69, 9.17) is 0 Å². The first-order valence-corrected chi connectivity index (χ1v) is 9.60. The van der Waals surface area contributed by atoms with Gasteiger partial charge in [-0.15, -0.1) is 11.8 Å². The fraction of sp³-hybridized carbons (Fsp3) is 0.300. The second-order valence-electron chi connectivity index (χ2n) is 5.93. The summed E-state index contributed by atoms with van der Waals surface area (Å²) in [6.07, 6.45) is 2.09. The largest absolute Gasteiger partial charge is 0.339 e. The molecule has 1 saturated heterocycles. The molecule has 130 valence electrons. The Balaban J connectivity index is 1.84. The average molecular weight is 354 g/mol. The van der Waals surface area contributed by atoms with E-state index in [-0.39, 0.29) is 11.8 Å². The van der Waals surface area contributed by atoms with E-state index in [1.54, 1.807) is 23.9 Å². The van der Waals surface area contributed by atoms with Crippen LogP contribution in [0.1, 0.15) is 40.5 Å². The van der Waals surface area contributed by atoms with Crippen LogP contribution in [0.3, 0.4) is 0 Å². The number of amides is 2. The van der Waals surface area contributed by atoms with E-state index in [9.17, 15) is 9.59 Å². The zero-order valence-corrected chi connectivity index (χ0v) is 15.1. The number of hydrogen-bond acceptors (Lipinski definition) is 3. The van der Waals surface area contributed by atoms with E-state index in [0.717, 1.165) is 36.6 Å². The number of benzene rings is 2. The van der Waals surface area contributed by atoms with Crippen molar-refractivity contribution in [2.75, 3.05) is 24.2 Å². The molecule has 25 heavy (non-hydrogen) atoms. The van der Waals surface area contributed by atoms with Crippen molar-refractivity contribution >= 4 is 29.3 Å². The summed E-state index contributed by atoms with van der Waals surface area (Å²) in [5.74, 6) is 0.705. The third-order valence-electron chi connectivity index (χ3n) is 4.23. The Hall–Kier alpha value is -2.27. The van der Waals surface area contributed by atoms with Gasteiger partial charge in [-0.05, 0) is 42.9 Å². The third-order valence-corrected chi connectivity index (χ3v) is 5.19. The Bertz CT molecular complexity index is 770. The zero-order chi connectivity index (χ0) is 17.6. The number of hydrogen-bond donors (Lipinski definition) is 1. The van der Waals surface area contributed by atoms with Crippen LogP contribution in [0.25, 0.3) is 0 Å². The molecule has 0 radical (unpaired) electrons. The van der Waals surface area contributed by atoms with Crippen LogP contribution in [0.5, 0.6) is 0 Å². The van der Waals surface area contributed by atoms with E-state index >= 15 is 0 Å². The Morgan fingerprint density at radius 3 is 2.36 bits per heavy atom. The summed E-state index contributed by atoms with van der Waals surface area (Å²) in [7, 11) is 0. The number of para-hydroxylation sites is 1. The fourth-order valence-electron chi connectivity index (χ4n) is 2.99. The number of thioether (sulfide) groups is 1. The van der Waals surface area contributed by atoms with Gasteiger partial charge in [0.2, 0.25) is 0 Å². The van der Waals surface area contributed by atoms with E-state index in [1.165, 1.54) is 0 Å². The molecule has 2 aromatic carbocycles. The van der Waals surface area contributed by atoms with Gasteiger partial charge < -0.3 is 10.2 Å². The second-order valence-corrected chi connectivity index (χ2v) is 7.23. The summed E-state index contributed by atoms with van der Waals surface area (Å²) < 4.78 is 0. The first-order chi connectivity index (χ1) is 12.2. The lowest BCUT2D eigenvalue weighted by Crippen LogP contribution is -2.28. The molecular weight excluding hydrogens is 332 g/mol. The quantitative estimate of drug-likeness (QED) is 0.815. The van der Waals surface area contributed by atoms with E-state index in [1.807, 2.05) is 41.3 Å². The molecule has 0 spiro atoms. The zero-order valence-electron chi connectivity index (χ0n) is 14.3. The van der Waals surface area contributed by atoms with Crippen molar-refractivity contribution < 1.29 is 9.59 Å². The molecular formula is C20H22N2O2S. The highest BCUT2D eigenvalue weighted by molar-refractivity contribution is 7.99. The SMILES string of the molecule is CCSc1ccccc1C(=O)Nc1ccccc1C(=O)N1CCCC1. The molecule has 0 unspecified atom stereocenters. The second kappa shape index (κ2) is 8.21. The molecule has 0 atom stereocenters. The molecule has 0 aliphatic carbocycles. The summed E-state index contributed by atoms with van der Waals surface area (Å²) >= 11 is 1.64. The summed E-state index contributed by atoms with van der Waals surface area (Å²) in [5.41, 5.74) is 1.76. The Labute approximate surface area is 152 Å². The van der Waals surface area contributed by atoms with Gasteiger partial charge in [0.25, 0.3) is 11.8 Å². The maximum atomic E-state index is 12.8. The molecule has 4 nitrogen and oxygen atoms in total. The van der Waals surface area contributed by atoms with Gasteiger partial charge in [0.1, 0.15) is 0 Å². The van der Waals surface area contributed by atoms with Crippen LogP contribution in [0, 0.1) is 0 Å². The molecule has 1 aliphatic rings. The van der Waals surface area contributed by atoms with Crippen molar-refractivity contribution in [2.45, 2.75) is 24.7 Å². The van der Waals surface area contributed by atoms with Crippen LogP contribution < -0.4 is 5.32 Å². The van der Waals surface area contributed by atoms with Crippen molar-refractivity contribution in [3.8, 4) is 0 Å². The van der Waals surface area contributed by atoms with Crippen LogP contribution >= 0.6 is 11.8 Å². The molecule has 1 aliphatic heterocycles. The van der Waals surface area contributed by atoms with Crippen molar-refractivity contribution in [2.24, 2.45) is 0 Å². The first-order valence-electron chi connectivity index (χ1n) is 8.62. The number of rotatable bonds is 5. The fourth-order valence-corrected chi connectivity index (χ4v) is 3.80. The predicted octanol–water partition coefficient (Wildman–Crippen LogP) is 4.29. The van der Waals surface area contributed by atoms with E-state index in [2.05, 4.69) is 12.2 Å². The number of likely N-dealkylation sites (tertiary alicyclic amines) is 1. The van der Waals surface area contributed by atoms with Gasteiger partial charge >= 0.3 is 0 Å². The number of carbonyl (C=O) groups is 2. The summed E-state index contributed by atoms with van der Waals surface area (Å²) in [4.78, 5) is 28.3. The van der Waals surface area contributed by atoms with Crippen molar-refractivity contribution in [3.05, 3.63) is 59.7 Å². The Kier molecular flexibility index (Phi) is 5.76. The highest BCUT2D eigenvalue weighted by Crippen LogP contribution is 2.25. The number of carbonyl (C=O) groups excluding carboxylic acids is 2. The third kappa shape index (κ3) is 4.04. The van der Waals surface area contributed by atoms with Crippen LogP contribution in [0.4, 0.5) is 5.69 Å². The van der Waals surface area contributed by atoms with Gasteiger partial charge in [-0.1, -0.05) is 31.2 Å². The van der Waals surface area contributed by atoms with Gasteiger partial charge in [-0.2, -0.15) is 0 Å². The minimum Gasteiger partial charge on any atom is -0.339 e. The number of nitrogens with one attached hydrogen (secondary N) is 1. The number of nitrogens with zero attached hydrogens (tertiary/aromatic N) is 1. The molecule has 1 heterocycles. The molecule has 1 fully saturated rings. The Morgan fingerprint density at radius 1 is 1.00 bits per heavy atom. The lowest BCUT2D eigenvalue weighted by atomic mass is 10.1. The topological polar surface area (TPSA) is 49.4 Å². The normalized spacial score (nSPS) is 13.7. The highest BCUT2D eigenvalue weighted by Gasteiger charge is 2.22. The maximum Gasteiger partial charge on any atom is 0.256 e. The van der Waals surface area contributed by atoms with Crippen molar-refractivity contribution in [1.82, 2.24) is 4.90 Å². The highest BCUT2D eigenvalue weighted by atomic mass is 32.2. The number of anilines is 1. The summed E-state index contributed by atoms with van der Waals surface area (Å²) in [6, 6.07) is 14.8. The molecule has 0 aromatic heterocycles. The van der Waals surface area contributed by atoms with Crippen molar-refractivity contribution in [3.63, 3.8) is 0 Å². The molecule has 0 bridgehead atoms. The Morgan fingerprint density at radius 2 is 1.64 bits per heavy atom. The van der Waals surface area contributed by atoms with Gasteiger partial charge in [-0.25, -0.2) is 0 Å². The lowest BCUT2D eigenvalue weighted by Gasteiger charge is -2.18. The maximum absolute atomic E-state index is 12.8. The van der Waals surface area contributed by atoms with Crippen molar-refractivity contribution in [1.29, 1.82) is 0 Å².